The molecular formula is C138H103B2ClN2O4V. The molecule has 5 radical (unpaired) electrons. The van der Waals surface area contributed by atoms with Crippen LogP contribution in [0.2, 0.25) is 5.02 Å². The van der Waals surface area contributed by atoms with Crippen LogP contribution in [-0.4, -0.2) is 15.5 Å². The van der Waals surface area contributed by atoms with Crippen LogP contribution in [0, 0.1) is 0 Å². The fraction of sp³-hybridized carbons (Fsp3) is 0.130. The predicted molar refractivity (Wildman–Crippen MR) is 616 cm³/mol. The van der Waals surface area contributed by atoms with Crippen molar-refractivity contribution in [3.63, 3.8) is 0 Å². The summed E-state index contributed by atoms with van der Waals surface area (Å²) < 4.78 is 27.1. The normalized spacial score (nSPS) is 14.7. The molecule has 24 aromatic rings. The van der Waals surface area contributed by atoms with Crippen LogP contribution < -0.4 is 10.2 Å². The van der Waals surface area contributed by atoms with Crippen molar-refractivity contribution in [1.29, 1.82) is 0 Å². The summed E-state index contributed by atoms with van der Waals surface area (Å²) in [6.07, 6.45) is 0. The molecule has 0 saturated heterocycles. The molecule has 0 aliphatic heterocycles. The van der Waals surface area contributed by atoms with E-state index >= 15 is 0 Å². The number of anilines is 5. The van der Waals surface area contributed by atoms with Crippen LogP contribution in [0.3, 0.4) is 0 Å². The van der Waals surface area contributed by atoms with Crippen molar-refractivity contribution in [2.24, 2.45) is 0 Å². The van der Waals surface area contributed by atoms with E-state index in [2.05, 4.69) is 497 Å². The van der Waals surface area contributed by atoms with Crippen molar-refractivity contribution in [3.05, 3.63) is 472 Å². The Hall–Kier alpha value is -15.8. The van der Waals surface area contributed by atoms with Crippen molar-refractivity contribution >= 4 is 143 Å². The molecule has 6 nitrogen and oxygen atoms in total. The van der Waals surface area contributed by atoms with Gasteiger partial charge in [-0.25, -0.2) is 0 Å². The Bertz CT molecular complexity index is 9690. The second-order valence-electron chi connectivity index (χ2n) is 43.6. The first-order valence-electron chi connectivity index (χ1n) is 51.2. The van der Waals surface area contributed by atoms with Gasteiger partial charge in [0.1, 0.15) is 44.7 Å². The molecule has 0 bridgehead atoms. The van der Waals surface area contributed by atoms with E-state index in [1.165, 1.54) is 194 Å². The monoisotopic (exact) mass is 1960 g/mol. The molecule has 4 heterocycles. The van der Waals surface area contributed by atoms with Gasteiger partial charge < -0.3 is 27.9 Å². The van der Waals surface area contributed by atoms with Gasteiger partial charge in [0.15, 0.2) is 0 Å². The number of hydrogen-bond donors (Lipinski definition) is 1. The van der Waals surface area contributed by atoms with Crippen LogP contribution in [0.5, 0.6) is 0 Å². The van der Waals surface area contributed by atoms with Crippen molar-refractivity contribution < 1.29 is 36.2 Å². The van der Waals surface area contributed by atoms with Crippen LogP contribution in [0.25, 0.3) is 199 Å². The zero-order valence-corrected chi connectivity index (χ0v) is 86.8. The molecule has 0 spiro atoms. The predicted octanol–water partition coefficient (Wildman–Crippen LogP) is 38.3. The summed E-state index contributed by atoms with van der Waals surface area (Å²) >= 11 is 6.39. The Morgan fingerprint density at radius 1 is 0.230 bits per heavy atom. The summed E-state index contributed by atoms with van der Waals surface area (Å²) in [5.41, 5.74) is 52.7. The van der Waals surface area contributed by atoms with Crippen molar-refractivity contribution in [3.8, 4) is 111 Å². The van der Waals surface area contributed by atoms with Gasteiger partial charge in [-0.15, -0.1) is 0 Å². The van der Waals surface area contributed by atoms with Crippen molar-refractivity contribution in [2.75, 3.05) is 10.2 Å². The van der Waals surface area contributed by atoms with Crippen LogP contribution in [0.4, 0.5) is 28.4 Å². The van der Waals surface area contributed by atoms with Gasteiger partial charge in [-0.2, -0.15) is 0 Å². The minimum absolute atomic E-state index is 0. The van der Waals surface area contributed by atoms with E-state index in [1.807, 2.05) is 12.1 Å². The molecule has 0 saturated carbocycles. The molecule has 1 N–H and O–H groups in total. The number of fused-ring (bicyclic) bond motifs is 38. The van der Waals surface area contributed by atoms with Gasteiger partial charge in [0.25, 0.3) is 0 Å². The van der Waals surface area contributed by atoms with Gasteiger partial charge in [-0.3, -0.25) is 0 Å². The van der Waals surface area contributed by atoms with Gasteiger partial charge in [-0.05, 0) is 242 Å². The maximum atomic E-state index is 7.02. The average molecular weight is 1960 g/mol. The molecule has 0 atom stereocenters. The summed E-state index contributed by atoms with van der Waals surface area (Å²) in [5.74, 6) is 0. The molecule has 148 heavy (non-hydrogen) atoms. The zero-order valence-electron chi connectivity index (χ0n) is 84.7. The standard InChI is InChI=1S/C69H51NO2.C42H33NO.C27H19ClO.B2.V/c1-67(2)52-37-42(33-35-46(52)58-54(67)39-50(41-23-11-8-12-24-41)65-60(58)48-27-15-19-31-56(48)71-65)70(55-30-18-14-25-44(55)40-21-9-7-10-22-40)43-34-36-47-53(38-43)69(5,6)63-59(47)61-49-28-16-20-32-57(49)72-66(61)62-45-26-13-17-29-51(45)68(3,4)64(62)63;1-41(2)31-19-11-8-17-28(31)37-39(41)38-35(36-30-18-10-13-21-34(30)44-40(36)37)29-23-22-26(24-32(29)42(38,3)4)43-33-20-12-9-16-27(33)25-14-6-5-7-15-25;1-27(2)21-14-17(28)12-13-18(21)24-22(27)15-20(16-8-4-3-5-9-16)26-25(24)19-10-6-7-11-23(19)29-26;1-2;/h7-39H,1-6H3;5-24,43H,1-4H3;3-15H,1-2H3;;. The van der Waals surface area contributed by atoms with E-state index in [0.29, 0.717) is 0 Å². The molecular weight excluding hydrogens is 1860 g/mol. The van der Waals surface area contributed by atoms with Gasteiger partial charge in [0.2, 0.25) is 0 Å². The fourth-order valence-electron chi connectivity index (χ4n) is 26.8. The Balaban J connectivity index is 0.000000123. The molecule has 0 fully saturated rings. The first-order chi connectivity index (χ1) is 71.4. The number of nitrogens with zero attached hydrogens (tertiary/aromatic N) is 1. The fourth-order valence-corrected chi connectivity index (χ4v) is 27.0. The molecule has 6 aliphatic carbocycles. The SMILES string of the molecule is CC1(C)c2cc(Cl)ccc2-c2c1cc(-c1ccccc1)c1oc3ccccc3c21.CC1(C)c2cc(N(c3ccc4c(c3)C(C)(C)c3c5c(c6oc7ccccc7c6c3-4)-c3ccccc3C5(C)C)c3ccccc3-c3ccccc3)ccc2-c2c1cc(-c1ccccc1)c1oc3ccccc3c21.CC1(C)c2ccccc2-c2c1c1c(c3c2oc2ccccc23)-c2ccc(Nc3ccccc3-c3ccccc3)cc2C1(C)C.[B][B].[V]. The summed E-state index contributed by atoms with van der Waals surface area (Å²) in [6.45, 7) is 28.7. The van der Waals surface area contributed by atoms with Gasteiger partial charge in [-0.1, -0.05) is 398 Å². The second kappa shape index (κ2) is 33.9. The minimum Gasteiger partial charge on any atom is -0.455 e. The third-order valence-electron chi connectivity index (χ3n) is 33.5. The maximum absolute atomic E-state index is 7.02. The van der Waals surface area contributed by atoms with E-state index in [4.69, 9.17) is 29.3 Å². The molecule has 6 aliphatic rings. The third-order valence-corrected chi connectivity index (χ3v) is 33.7. The van der Waals surface area contributed by atoms with E-state index in [-0.39, 0.29) is 51.0 Å². The largest absolute Gasteiger partial charge is 0.455 e. The van der Waals surface area contributed by atoms with Crippen LogP contribution in [0.1, 0.15) is 150 Å². The zero-order chi connectivity index (χ0) is 100.0. The van der Waals surface area contributed by atoms with Crippen LogP contribution in [0.15, 0.2) is 418 Å². The molecule has 20 aromatic carbocycles. The average Bonchev–Trinajstić information content (AvgIpc) is 1.06. The smallest absolute Gasteiger partial charge is 0.144 e. The van der Waals surface area contributed by atoms with E-state index in [9.17, 15) is 0 Å². The minimum atomic E-state index is -0.349. The molecule has 10 heteroatoms. The summed E-state index contributed by atoms with van der Waals surface area (Å²) in [6, 6.07) is 145. The molecule has 707 valence electrons. The van der Waals surface area contributed by atoms with Crippen LogP contribution in [-0.2, 0) is 51.0 Å². The number of benzene rings is 20. The molecule has 30 rings (SSSR count). The first kappa shape index (κ1) is 92.1. The van der Waals surface area contributed by atoms with Gasteiger partial charge in [0, 0.05) is 171 Å². The summed E-state index contributed by atoms with van der Waals surface area (Å²) in [7, 11) is 8.00. The van der Waals surface area contributed by atoms with Crippen molar-refractivity contribution in [1.82, 2.24) is 0 Å². The first-order valence-corrected chi connectivity index (χ1v) is 51.6. The molecule has 0 amide bonds. The number of hydrogen-bond acceptors (Lipinski definition) is 6. The maximum Gasteiger partial charge on any atom is 0.144 e. The molecule has 4 aromatic heterocycles. The van der Waals surface area contributed by atoms with Crippen LogP contribution >= 0.6 is 11.6 Å². The van der Waals surface area contributed by atoms with E-state index in [0.717, 1.165) is 106 Å². The summed E-state index contributed by atoms with van der Waals surface area (Å²) in [5, 5.41) is 14.1. The van der Waals surface area contributed by atoms with Crippen molar-refractivity contribution in [2.45, 2.75) is 116 Å². The third kappa shape index (κ3) is 13.3. The Morgan fingerprint density at radius 2 is 0.527 bits per heavy atom. The topological polar surface area (TPSA) is 67.8 Å². The number of para-hydroxylation sites is 6. The summed E-state index contributed by atoms with van der Waals surface area (Å²) in [4.78, 5) is 2.52. The quantitative estimate of drug-likeness (QED) is 0.145. The molecule has 0 unspecified atom stereocenters. The number of nitrogens with one attached hydrogen (secondary N) is 1. The van der Waals surface area contributed by atoms with Gasteiger partial charge >= 0.3 is 0 Å². The number of furan rings is 4. The Labute approximate surface area is 881 Å². The number of rotatable bonds is 9. The van der Waals surface area contributed by atoms with E-state index in [1.54, 1.807) is 0 Å². The number of halogens is 1. The Morgan fingerprint density at radius 3 is 0.966 bits per heavy atom. The Kier molecular flexibility index (Phi) is 21.1. The van der Waals surface area contributed by atoms with Gasteiger partial charge in [0.05, 0.1) is 5.69 Å². The second-order valence-corrected chi connectivity index (χ2v) is 44.1. The van der Waals surface area contributed by atoms with E-state index < -0.39 is 0 Å².